The normalized spacial score (nSPS) is 17.8. The molecule has 7 nitrogen and oxygen atoms in total. The average molecular weight is 448 g/mol. The molecule has 1 N–H and O–H groups in total. The highest BCUT2D eigenvalue weighted by Gasteiger charge is 2.37. The molecule has 10 heteroatoms. The quantitative estimate of drug-likeness (QED) is 0.630. The van der Waals surface area contributed by atoms with Gasteiger partial charge in [0.15, 0.2) is 5.65 Å². The molecular formula is C22H27F3N6O. The van der Waals surface area contributed by atoms with E-state index >= 15 is 0 Å². The van der Waals surface area contributed by atoms with Crippen LogP contribution >= 0.6 is 0 Å². The largest absolute Gasteiger partial charge is 0.433 e. The van der Waals surface area contributed by atoms with Gasteiger partial charge in [-0.2, -0.15) is 23.4 Å². The Morgan fingerprint density at radius 2 is 1.94 bits per heavy atom. The highest BCUT2D eigenvalue weighted by atomic mass is 19.4. The zero-order valence-corrected chi connectivity index (χ0v) is 18.6. The molecule has 1 aliphatic rings. The molecule has 0 saturated carbocycles. The lowest BCUT2D eigenvalue weighted by Gasteiger charge is -2.34. The fourth-order valence-electron chi connectivity index (χ4n) is 4.03. The van der Waals surface area contributed by atoms with E-state index in [1.807, 2.05) is 20.8 Å². The second-order valence-electron chi connectivity index (χ2n) is 9.25. The maximum Gasteiger partial charge on any atom is 0.433 e. The number of nitrogens with one attached hydrogen (secondary N) is 1. The minimum absolute atomic E-state index is 0.138. The first-order chi connectivity index (χ1) is 15.0. The molecule has 1 fully saturated rings. The van der Waals surface area contributed by atoms with Gasteiger partial charge in [-0.3, -0.25) is 9.89 Å². The summed E-state index contributed by atoms with van der Waals surface area (Å²) in [4.78, 5) is 19.3. The van der Waals surface area contributed by atoms with E-state index in [0.717, 1.165) is 29.1 Å². The van der Waals surface area contributed by atoms with Crippen LogP contribution in [0.25, 0.3) is 5.65 Å². The summed E-state index contributed by atoms with van der Waals surface area (Å²) in [5, 5.41) is 11.4. The number of fused-ring (bicyclic) bond motifs is 1. The standard InChI is InChI=1S/C22H27F3N6O/c1-5-13-10-18(22(23,24)25)31-19(26-13)12-14(29-31)16-8-6-7-9-30(16)20(32)15-11-17(28-27-15)21(2,3)4/h10-12,16H,5-9H2,1-4H3,(H,27,28)/t16-/m0/s1. The summed E-state index contributed by atoms with van der Waals surface area (Å²) in [7, 11) is 0. The summed E-state index contributed by atoms with van der Waals surface area (Å²) in [6.07, 6.45) is -1.89. The Hall–Kier alpha value is -2.91. The van der Waals surface area contributed by atoms with Gasteiger partial charge in [0.25, 0.3) is 5.91 Å². The lowest BCUT2D eigenvalue weighted by Crippen LogP contribution is -2.39. The molecule has 4 rings (SSSR count). The van der Waals surface area contributed by atoms with E-state index in [1.54, 1.807) is 24.0 Å². The minimum atomic E-state index is -4.56. The molecule has 1 saturated heterocycles. The number of aryl methyl sites for hydroxylation is 1. The highest BCUT2D eigenvalue weighted by Crippen LogP contribution is 2.34. The molecule has 0 unspecified atom stereocenters. The fraction of sp³-hybridized carbons (Fsp3) is 0.545. The number of carbonyl (C=O) groups is 1. The van der Waals surface area contributed by atoms with Gasteiger partial charge in [0.1, 0.15) is 11.4 Å². The minimum Gasteiger partial charge on any atom is -0.329 e. The second-order valence-corrected chi connectivity index (χ2v) is 9.25. The van der Waals surface area contributed by atoms with Crippen molar-refractivity contribution in [1.29, 1.82) is 0 Å². The van der Waals surface area contributed by atoms with Gasteiger partial charge < -0.3 is 4.90 Å². The van der Waals surface area contributed by atoms with E-state index in [9.17, 15) is 18.0 Å². The summed E-state index contributed by atoms with van der Waals surface area (Å²) >= 11 is 0. The predicted octanol–water partition coefficient (Wildman–Crippen LogP) is 4.70. The number of hydrogen-bond donors (Lipinski definition) is 1. The molecule has 1 amide bonds. The molecule has 0 spiro atoms. The maximum atomic E-state index is 13.6. The number of halogens is 3. The SMILES string of the molecule is CCc1cc(C(F)(F)F)n2nc([C@@H]3CCCCN3C(=O)c3cc(C(C)(C)C)[nH]n3)cc2n1. The number of hydrogen-bond acceptors (Lipinski definition) is 4. The number of likely N-dealkylation sites (tertiary alicyclic amines) is 1. The molecule has 32 heavy (non-hydrogen) atoms. The number of piperidine rings is 1. The molecule has 1 aliphatic heterocycles. The van der Waals surface area contributed by atoms with E-state index in [1.165, 1.54) is 0 Å². The van der Waals surface area contributed by atoms with Gasteiger partial charge in [-0.1, -0.05) is 27.7 Å². The molecule has 0 aliphatic carbocycles. The summed E-state index contributed by atoms with van der Waals surface area (Å²) in [5.41, 5.74) is 0.988. The Balaban J connectivity index is 1.72. The van der Waals surface area contributed by atoms with Gasteiger partial charge in [-0.15, -0.1) is 0 Å². The van der Waals surface area contributed by atoms with Crippen molar-refractivity contribution in [3.63, 3.8) is 0 Å². The van der Waals surface area contributed by atoms with Crippen molar-refractivity contribution in [2.75, 3.05) is 6.54 Å². The van der Waals surface area contributed by atoms with E-state index in [2.05, 4.69) is 20.3 Å². The van der Waals surface area contributed by atoms with Crippen molar-refractivity contribution in [3.8, 4) is 0 Å². The van der Waals surface area contributed by atoms with Crippen molar-refractivity contribution >= 4 is 11.6 Å². The van der Waals surface area contributed by atoms with Crippen molar-refractivity contribution < 1.29 is 18.0 Å². The van der Waals surface area contributed by atoms with Crippen LogP contribution in [0, 0.1) is 0 Å². The second kappa shape index (κ2) is 7.90. The Labute approximate surface area is 184 Å². The van der Waals surface area contributed by atoms with Gasteiger partial charge >= 0.3 is 6.18 Å². The van der Waals surface area contributed by atoms with Crippen LogP contribution < -0.4 is 0 Å². The summed E-state index contributed by atoms with van der Waals surface area (Å²) in [6, 6.07) is 3.91. The van der Waals surface area contributed by atoms with Gasteiger partial charge in [0.05, 0.1) is 11.7 Å². The highest BCUT2D eigenvalue weighted by molar-refractivity contribution is 5.92. The van der Waals surface area contributed by atoms with Crippen molar-refractivity contribution in [2.45, 2.75) is 71.0 Å². The van der Waals surface area contributed by atoms with Crippen molar-refractivity contribution in [1.82, 2.24) is 29.7 Å². The van der Waals surface area contributed by atoms with Crippen molar-refractivity contribution in [3.05, 3.63) is 46.7 Å². The zero-order valence-electron chi connectivity index (χ0n) is 18.6. The fourth-order valence-corrected chi connectivity index (χ4v) is 4.03. The van der Waals surface area contributed by atoms with Crippen LogP contribution in [-0.4, -0.2) is 42.1 Å². The Bertz CT molecular complexity index is 1140. The van der Waals surface area contributed by atoms with Crippen LogP contribution in [0.3, 0.4) is 0 Å². The lowest BCUT2D eigenvalue weighted by molar-refractivity contribution is -0.142. The van der Waals surface area contributed by atoms with Crippen molar-refractivity contribution in [2.24, 2.45) is 0 Å². The monoisotopic (exact) mass is 448 g/mol. The number of nitrogens with zero attached hydrogens (tertiary/aromatic N) is 5. The number of rotatable bonds is 3. The van der Waals surface area contributed by atoms with Crippen LogP contribution in [0.5, 0.6) is 0 Å². The molecule has 3 aromatic heterocycles. The molecule has 4 heterocycles. The Kier molecular flexibility index (Phi) is 5.50. The van der Waals surface area contributed by atoms with Gasteiger partial charge in [0.2, 0.25) is 0 Å². The first-order valence-electron chi connectivity index (χ1n) is 10.8. The molecular weight excluding hydrogens is 421 g/mol. The van der Waals surface area contributed by atoms with Crippen LogP contribution in [0.1, 0.15) is 86.3 Å². The topological polar surface area (TPSA) is 79.2 Å². The summed E-state index contributed by atoms with van der Waals surface area (Å²) in [6.45, 7) is 8.31. The molecule has 172 valence electrons. The first kappa shape index (κ1) is 22.3. The molecule has 0 bridgehead atoms. The number of carbonyl (C=O) groups excluding carboxylic acids is 1. The van der Waals surface area contributed by atoms with Gasteiger partial charge in [0, 0.05) is 29.4 Å². The Morgan fingerprint density at radius 3 is 2.56 bits per heavy atom. The summed E-state index contributed by atoms with van der Waals surface area (Å²) in [5.74, 6) is -0.253. The molecule has 0 aromatic carbocycles. The van der Waals surface area contributed by atoms with E-state index in [0.29, 0.717) is 36.5 Å². The van der Waals surface area contributed by atoms with Crippen LogP contribution in [0.15, 0.2) is 18.2 Å². The third-order valence-corrected chi connectivity index (χ3v) is 5.86. The van der Waals surface area contributed by atoms with Gasteiger partial charge in [-0.25, -0.2) is 9.50 Å². The molecule has 3 aromatic rings. The lowest BCUT2D eigenvalue weighted by atomic mass is 9.92. The van der Waals surface area contributed by atoms with Crippen LogP contribution in [0.2, 0.25) is 0 Å². The number of aromatic nitrogens is 5. The van der Waals surface area contributed by atoms with Gasteiger partial charge in [-0.05, 0) is 37.8 Å². The first-order valence-corrected chi connectivity index (χ1v) is 10.8. The van der Waals surface area contributed by atoms with E-state index < -0.39 is 17.9 Å². The number of H-pyrrole nitrogens is 1. The van der Waals surface area contributed by atoms with E-state index in [4.69, 9.17) is 0 Å². The molecule has 1 atom stereocenters. The van der Waals surface area contributed by atoms with Crippen LogP contribution in [-0.2, 0) is 18.0 Å². The summed E-state index contributed by atoms with van der Waals surface area (Å²) < 4.78 is 41.8. The number of alkyl halides is 3. The predicted molar refractivity (Wildman–Crippen MR) is 112 cm³/mol. The third kappa shape index (κ3) is 4.10. The van der Waals surface area contributed by atoms with E-state index in [-0.39, 0.29) is 17.0 Å². The third-order valence-electron chi connectivity index (χ3n) is 5.86. The van der Waals surface area contributed by atoms with Crippen LogP contribution in [0.4, 0.5) is 13.2 Å². The maximum absolute atomic E-state index is 13.6. The number of aromatic amines is 1. The smallest absolute Gasteiger partial charge is 0.329 e. The Morgan fingerprint density at radius 1 is 1.19 bits per heavy atom. The molecule has 0 radical (unpaired) electrons. The zero-order chi connectivity index (χ0) is 23.3. The number of amides is 1. The average Bonchev–Trinajstić information content (AvgIpc) is 3.38.